The molecule has 24 valence electrons. The molecule has 4 heteroatoms. The van der Waals surface area contributed by atoms with E-state index >= 15 is 0 Å². The minimum Gasteiger partial charge on any atom is -1.00 e. The van der Waals surface area contributed by atoms with Crippen LogP contribution in [0.15, 0.2) is 0 Å². The molecule has 0 amide bonds. The summed E-state index contributed by atoms with van der Waals surface area (Å²) < 4.78 is 0. The average molecular weight is 60.0 g/mol. The summed E-state index contributed by atoms with van der Waals surface area (Å²) in [6.07, 6.45) is 0. The summed E-state index contributed by atoms with van der Waals surface area (Å²) in [5, 5.41) is 12.0. The number of hydrogen-bond donors (Lipinski definition) is 2. The van der Waals surface area contributed by atoms with Crippen molar-refractivity contribution in [2.45, 2.75) is 0 Å². The van der Waals surface area contributed by atoms with Gasteiger partial charge in [0.05, 0.1) is 0 Å². The van der Waals surface area contributed by atoms with Crippen LogP contribution >= 0.6 is 0 Å². The Balaban J connectivity index is -0.00000000167. The SMILES string of the molecule is O.OO.[H-].[Li+]. The molecule has 0 aliphatic rings. The maximum atomic E-state index is 6.00. The maximum absolute atomic E-state index is 6.00. The molecule has 0 rings (SSSR count). The molecule has 0 saturated carbocycles. The first-order valence-corrected chi connectivity index (χ1v) is 0.200. The van der Waals surface area contributed by atoms with Gasteiger partial charge in [-0.15, -0.1) is 0 Å². The van der Waals surface area contributed by atoms with Gasteiger partial charge in [0.25, 0.3) is 0 Å². The zero-order valence-corrected chi connectivity index (χ0v) is 2.39. The van der Waals surface area contributed by atoms with Crippen LogP contribution in [0.25, 0.3) is 0 Å². The summed E-state index contributed by atoms with van der Waals surface area (Å²) >= 11 is 0. The third-order valence-corrected chi connectivity index (χ3v) is 0. The third-order valence-electron chi connectivity index (χ3n) is 0. The van der Waals surface area contributed by atoms with Crippen LogP contribution in [0.3, 0.4) is 0 Å². The van der Waals surface area contributed by atoms with E-state index in [2.05, 4.69) is 0 Å². The molecule has 0 aromatic rings. The van der Waals surface area contributed by atoms with Crippen molar-refractivity contribution < 1.29 is 36.3 Å². The van der Waals surface area contributed by atoms with Gasteiger partial charge in [-0.1, -0.05) is 0 Å². The molecule has 0 saturated heterocycles. The first-order chi connectivity index (χ1) is 1.00. The molecule has 0 radical (unpaired) electrons. The average Bonchev–Trinajstić information content (AvgIpc) is 1.00. The van der Waals surface area contributed by atoms with E-state index in [-0.39, 0.29) is 25.8 Å². The normalized spacial score (nSPS) is 1.50. The van der Waals surface area contributed by atoms with E-state index in [0.29, 0.717) is 0 Å². The van der Waals surface area contributed by atoms with Crippen LogP contribution in [-0.2, 0) is 0 Å². The van der Waals surface area contributed by atoms with Crippen molar-refractivity contribution in [2.24, 2.45) is 0 Å². The van der Waals surface area contributed by atoms with E-state index < -0.39 is 0 Å². The fraction of sp³-hybridized carbons (Fsp3) is 0. The van der Waals surface area contributed by atoms with Crippen LogP contribution < -0.4 is 18.9 Å². The zero-order chi connectivity index (χ0) is 2.00. The van der Waals surface area contributed by atoms with Crippen molar-refractivity contribution in [3.8, 4) is 0 Å². The Labute approximate surface area is 37.2 Å². The van der Waals surface area contributed by atoms with E-state index in [9.17, 15) is 0 Å². The van der Waals surface area contributed by atoms with Gasteiger partial charge in [0.2, 0.25) is 0 Å². The molecule has 4 heavy (non-hydrogen) atoms. The smallest absolute Gasteiger partial charge is 1.00 e. The molecular weight excluding hydrogens is 54.9 g/mol. The Morgan fingerprint density at radius 1 is 1.25 bits per heavy atom. The van der Waals surface area contributed by atoms with Gasteiger partial charge in [-0.2, -0.15) is 0 Å². The van der Waals surface area contributed by atoms with Crippen molar-refractivity contribution >= 4 is 0 Å². The van der Waals surface area contributed by atoms with E-state index in [1.165, 1.54) is 0 Å². The molecule has 3 nitrogen and oxygen atoms in total. The van der Waals surface area contributed by atoms with Gasteiger partial charge < -0.3 is 6.90 Å². The molecule has 0 aromatic heterocycles. The fourth-order valence-corrected chi connectivity index (χ4v) is 0. The maximum Gasteiger partial charge on any atom is 1.00 e. The second-order valence-electron chi connectivity index (χ2n) is 0. The van der Waals surface area contributed by atoms with Gasteiger partial charge in [-0.25, -0.2) is 0 Å². The quantitative estimate of drug-likeness (QED) is 0.171. The molecule has 0 aliphatic carbocycles. The van der Waals surface area contributed by atoms with E-state index in [0.717, 1.165) is 0 Å². The Hall–Kier alpha value is 0.477. The summed E-state index contributed by atoms with van der Waals surface area (Å²) in [6.45, 7) is 0. The monoisotopic (exact) mass is 60.0 g/mol. The van der Waals surface area contributed by atoms with E-state index in [4.69, 9.17) is 10.5 Å². The van der Waals surface area contributed by atoms with Crippen molar-refractivity contribution in [2.75, 3.05) is 0 Å². The number of hydrogen-bond acceptors (Lipinski definition) is 2. The third kappa shape index (κ3) is 23.7. The summed E-state index contributed by atoms with van der Waals surface area (Å²) in [7, 11) is 0. The topological polar surface area (TPSA) is 72.0 Å². The molecule has 0 heterocycles. The van der Waals surface area contributed by atoms with Crippen LogP contribution in [0.4, 0.5) is 0 Å². The predicted molar refractivity (Wildman–Crippen MR) is 9.98 cm³/mol. The van der Waals surface area contributed by atoms with Gasteiger partial charge in [-0.05, 0) is 0 Å². The molecule has 0 aliphatic heterocycles. The standard InChI is InChI=1S/Li.H2O2.H2O.H/c;1-2;;/h;1-2H;1H2;/q+1;;;-1. The van der Waals surface area contributed by atoms with E-state index in [1.54, 1.807) is 0 Å². The molecule has 0 atom stereocenters. The summed E-state index contributed by atoms with van der Waals surface area (Å²) in [4.78, 5) is 0. The fourth-order valence-electron chi connectivity index (χ4n) is 0. The molecule has 0 spiro atoms. The van der Waals surface area contributed by atoms with Crippen LogP contribution in [0.1, 0.15) is 1.43 Å². The first kappa shape index (κ1) is 24.8. The Kier molecular flexibility index (Phi) is 581. The molecule has 0 unspecified atom stereocenters. The summed E-state index contributed by atoms with van der Waals surface area (Å²) in [6, 6.07) is 0. The first-order valence-electron chi connectivity index (χ1n) is 0.200. The van der Waals surface area contributed by atoms with Crippen LogP contribution in [0.5, 0.6) is 0 Å². The van der Waals surface area contributed by atoms with Crippen molar-refractivity contribution in [3.05, 3.63) is 0 Å². The zero-order valence-electron chi connectivity index (χ0n) is 3.39. The molecule has 0 bridgehead atoms. The second kappa shape index (κ2) is 93.6. The molecule has 0 aromatic carbocycles. The Bertz CT molecular complexity index is 6.85. The van der Waals surface area contributed by atoms with Crippen molar-refractivity contribution in [1.29, 1.82) is 0 Å². The van der Waals surface area contributed by atoms with Crippen molar-refractivity contribution in [3.63, 3.8) is 0 Å². The summed E-state index contributed by atoms with van der Waals surface area (Å²) in [5.74, 6) is 0. The van der Waals surface area contributed by atoms with Gasteiger partial charge in [-0.3, -0.25) is 10.5 Å². The van der Waals surface area contributed by atoms with Gasteiger partial charge in [0.15, 0.2) is 0 Å². The van der Waals surface area contributed by atoms with Crippen LogP contribution in [0, 0.1) is 0 Å². The molecular formula is H5LiO3. The minimum atomic E-state index is 0. The van der Waals surface area contributed by atoms with Crippen molar-refractivity contribution in [1.82, 2.24) is 0 Å². The second-order valence-corrected chi connectivity index (χ2v) is 0. The predicted octanol–water partition coefficient (Wildman–Crippen LogP) is -3.69. The van der Waals surface area contributed by atoms with Gasteiger partial charge in [0, 0.05) is 0 Å². The molecule has 0 fully saturated rings. The van der Waals surface area contributed by atoms with Gasteiger partial charge in [0.1, 0.15) is 0 Å². The van der Waals surface area contributed by atoms with Gasteiger partial charge >= 0.3 is 18.9 Å². The van der Waals surface area contributed by atoms with Crippen LogP contribution in [0.2, 0.25) is 0 Å². The van der Waals surface area contributed by atoms with E-state index in [1.807, 2.05) is 0 Å². The van der Waals surface area contributed by atoms with Crippen LogP contribution in [-0.4, -0.2) is 16.0 Å². The largest absolute Gasteiger partial charge is 1.00 e. The summed E-state index contributed by atoms with van der Waals surface area (Å²) in [5.41, 5.74) is 0. The molecule has 4 N–H and O–H groups in total. The Morgan fingerprint density at radius 3 is 1.25 bits per heavy atom. The Morgan fingerprint density at radius 2 is 1.25 bits per heavy atom. The minimum absolute atomic E-state index is 0. The number of rotatable bonds is 0.